The number of hydrogen-bond acceptors (Lipinski definition) is 6. The van der Waals surface area contributed by atoms with Gasteiger partial charge in [0.1, 0.15) is 24.7 Å². The molecule has 3 aromatic rings. The van der Waals surface area contributed by atoms with E-state index in [4.69, 9.17) is 23.7 Å². The van der Waals surface area contributed by atoms with Crippen molar-refractivity contribution in [2.24, 2.45) is 0 Å². The molecule has 0 fully saturated rings. The smallest absolute Gasteiger partial charge is 0.338 e. The lowest BCUT2D eigenvalue weighted by atomic mass is 10.1. The summed E-state index contributed by atoms with van der Waals surface area (Å²) in [4.78, 5) is 12.0. The van der Waals surface area contributed by atoms with Gasteiger partial charge in [-0.05, 0) is 65.9 Å². The van der Waals surface area contributed by atoms with Crippen molar-refractivity contribution < 1.29 is 28.5 Å². The van der Waals surface area contributed by atoms with Crippen molar-refractivity contribution in [2.75, 3.05) is 39.6 Å². The van der Waals surface area contributed by atoms with Crippen LogP contribution in [0.2, 0.25) is 0 Å². The third kappa shape index (κ3) is 10.6. The maximum absolute atomic E-state index is 12.0. The Bertz CT molecular complexity index is 1040. The Balaban J connectivity index is 1.37. The summed E-state index contributed by atoms with van der Waals surface area (Å²) in [6, 6.07) is 23.4. The number of hydrogen-bond donors (Lipinski definition) is 0. The van der Waals surface area contributed by atoms with Crippen LogP contribution >= 0.6 is 0 Å². The molecule has 6 heteroatoms. The zero-order valence-corrected chi connectivity index (χ0v) is 22.7. The first-order valence-electron chi connectivity index (χ1n) is 13.6. The summed E-state index contributed by atoms with van der Waals surface area (Å²) in [5, 5.41) is 0. The van der Waals surface area contributed by atoms with E-state index in [0.29, 0.717) is 45.2 Å². The Hall–Kier alpha value is -3.35. The fraction of sp³-hybridized carbons (Fsp3) is 0.406. The van der Waals surface area contributed by atoms with Gasteiger partial charge in [0, 0.05) is 6.61 Å². The lowest BCUT2D eigenvalue weighted by Gasteiger charge is -2.10. The van der Waals surface area contributed by atoms with Gasteiger partial charge in [0.25, 0.3) is 0 Å². The first-order chi connectivity index (χ1) is 18.7. The molecule has 0 aliphatic heterocycles. The molecule has 0 N–H and O–H groups in total. The Kier molecular flexibility index (Phi) is 13.2. The summed E-state index contributed by atoms with van der Waals surface area (Å²) < 4.78 is 27.9. The number of carbonyl (C=O) groups excluding carboxylic acids is 1. The number of esters is 1. The molecule has 3 rings (SSSR count). The maximum Gasteiger partial charge on any atom is 0.338 e. The summed E-state index contributed by atoms with van der Waals surface area (Å²) in [6.07, 6.45) is 4.11. The topological polar surface area (TPSA) is 63.2 Å². The molecule has 0 radical (unpaired) electrons. The van der Waals surface area contributed by atoms with E-state index in [2.05, 4.69) is 13.8 Å². The minimum Gasteiger partial charge on any atom is -0.491 e. The average Bonchev–Trinajstić information content (AvgIpc) is 2.96. The highest BCUT2D eigenvalue weighted by Gasteiger charge is 2.07. The molecule has 0 heterocycles. The van der Waals surface area contributed by atoms with Crippen LogP contribution in [0.1, 0.15) is 55.5 Å². The fourth-order valence-corrected chi connectivity index (χ4v) is 3.57. The lowest BCUT2D eigenvalue weighted by molar-refractivity contribution is 0.0356. The van der Waals surface area contributed by atoms with E-state index in [1.165, 1.54) is 0 Å². The number of ether oxygens (including phenoxy) is 5. The monoisotopic (exact) mass is 520 g/mol. The molecule has 3 aromatic carbocycles. The molecule has 0 aliphatic rings. The predicted molar refractivity (Wildman–Crippen MR) is 150 cm³/mol. The Morgan fingerprint density at radius 3 is 1.71 bits per heavy atom. The normalized spacial score (nSPS) is 10.8. The highest BCUT2D eigenvalue weighted by Crippen LogP contribution is 2.25. The second kappa shape index (κ2) is 17.2. The zero-order chi connectivity index (χ0) is 26.8. The second-order valence-electron chi connectivity index (χ2n) is 8.95. The van der Waals surface area contributed by atoms with Crippen molar-refractivity contribution in [1.29, 1.82) is 0 Å². The van der Waals surface area contributed by atoms with Crippen molar-refractivity contribution in [3.05, 3.63) is 83.9 Å². The van der Waals surface area contributed by atoms with Crippen LogP contribution < -0.4 is 9.47 Å². The number of carbonyl (C=O) groups is 1. The summed E-state index contributed by atoms with van der Waals surface area (Å²) in [5.41, 5.74) is 3.75. The van der Waals surface area contributed by atoms with Crippen LogP contribution in [0.25, 0.3) is 11.1 Å². The van der Waals surface area contributed by atoms with Crippen molar-refractivity contribution in [1.82, 2.24) is 0 Å². The van der Waals surface area contributed by atoms with Crippen LogP contribution in [0.5, 0.6) is 11.5 Å². The quantitative estimate of drug-likeness (QED) is 0.132. The Labute approximate surface area is 226 Å². The summed E-state index contributed by atoms with van der Waals surface area (Å²) in [7, 11) is 0. The van der Waals surface area contributed by atoms with Crippen molar-refractivity contribution >= 4 is 5.97 Å². The largest absolute Gasteiger partial charge is 0.491 e. The van der Waals surface area contributed by atoms with Crippen LogP contribution in [-0.4, -0.2) is 45.6 Å². The highest BCUT2D eigenvalue weighted by molar-refractivity contribution is 5.89. The van der Waals surface area contributed by atoms with Gasteiger partial charge in [0.05, 0.1) is 32.0 Å². The van der Waals surface area contributed by atoms with E-state index in [0.717, 1.165) is 60.5 Å². The van der Waals surface area contributed by atoms with Crippen LogP contribution in [-0.2, 0) is 20.8 Å². The van der Waals surface area contributed by atoms with E-state index in [9.17, 15) is 4.79 Å². The molecular formula is C32H40O6. The lowest BCUT2D eigenvalue weighted by Crippen LogP contribution is -2.11. The van der Waals surface area contributed by atoms with E-state index in [1.54, 1.807) is 12.1 Å². The predicted octanol–water partition coefficient (Wildman–Crippen LogP) is 7.10. The van der Waals surface area contributed by atoms with Gasteiger partial charge >= 0.3 is 5.97 Å². The van der Waals surface area contributed by atoms with Gasteiger partial charge < -0.3 is 23.7 Å². The number of benzene rings is 3. The van der Waals surface area contributed by atoms with Gasteiger partial charge in [-0.25, -0.2) is 4.79 Å². The molecule has 0 saturated heterocycles. The van der Waals surface area contributed by atoms with Gasteiger partial charge in [-0.15, -0.1) is 0 Å². The van der Waals surface area contributed by atoms with Crippen molar-refractivity contribution in [2.45, 2.75) is 46.1 Å². The second-order valence-corrected chi connectivity index (χ2v) is 8.95. The maximum atomic E-state index is 12.0. The first kappa shape index (κ1) is 29.2. The summed E-state index contributed by atoms with van der Waals surface area (Å²) in [6.45, 7) is 8.16. The molecular weight excluding hydrogens is 480 g/mol. The minimum atomic E-state index is -0.283. The third-order valence-corrected chi connectivity index (χ3v) is 5.88. The van der Waals surface area contributed by atoms with Crippen molar-refractivity contribution in [3.8, 4) is 22.6 Å². The summed E-state index contributed by atoms with van der Waals surface area (Å²) in [5.74, 6) is 1.32. The molecule has 0 bridgehead atoms. The molecule has 0 atom stereocenters. The molecule has 0 amide bonds. The van der Waals surface area contributed by atoms with Gasteiger partial charge in [-0.3, -0.25) is 0 Å². The van der Waals surface area contributed by atoms with E-state index >= 15 is 0 Å². The van der Waals surface area contributed by atoms with Crippen LogP contribution in [0, 0.1) is 0 Å². The van der Waals surface area contributed by atoms with Gasteiger partial charge in [-0.1, -0.05) is 63.1 Å². The molecule has 6 nitrogen and oxygen atoms in total. The first-order valence-corrected chi connectivity index (χ1v) is 13.6. The average molecular weight is 521 g/mol. The van der Waals surface area contributed by atoms with Crippen molar-refractivity contribution in [3.63, 3.8) is 0 Å². The number of rotatable bonds is 18. The van der Waals surface area contributed by atoms with Gasteiger partial charge in [0.15, 0.2) is 0 Å². The molecule has 0 spiro atoms. The fourth-order valence-electron chi connectivity index (χ4n) is 3.57. The van der Waals surface area contributed by atoms with E-state index in [1.807, 2.05) is 60.7 Å². The van der Waals surface area contributed by atoms with Gasteiger partial charge in [0.2, 0.25) is 0 Å². The summed E-state index contributed by atoms with van der Waals surface area (Å²) >= 11 is 0. The molecule has 0 aliphatic carbocycles. The van der Waals surface area contributed by atoms with Crippen LogP contribution in [0.3, 0.4) is 0 Å². The molecule has 204 valence electrons. The minimum absolute atomic E-state index is 0.283. The SMILES string of the molecule is CCCCOCCOCCOc1ccc(-c2ccc(OCc3ccc(C(=O)OCCCC)cc3)cc2)cc1. The van der Waals surface area contributed by atoms with E-state index in [-0.39, 0.29) is 5.97 Å². The molecule has 0 unspecified atom stereocenters. The highest BCUT2D eigenvalue weighted by atomic mass is 16.5. The standard InChI is InChI=1S/C32H40O6/c1-3-5-19-34-21-22-35-23-24-36-30-15-11-27(12-16-30)28-13-17-31(18-14-28)38-25-26-7-9-29(10-8-26)32(33)37-20-6-4-2/h7-18H,3-6,19-25H2,1-2H3. The molecule has 0 saturated carbocycles. The van der Waals surface area contributed by atoms with Crippen LogP contribution in [0.4, 0.5) is 0 Å². The van der Waals surface area contributed by atoms with E-state index < -0.39 is 0 Å². The zero-order valence-electron chi connectivity index (χ0n) is 22.7. The Morgan fingerprint density at radius 1 is 0.579 bits per heavy atom. The third-order valence-electron chi connectivity index (χ3n) is 5.88. The number of unbranched alkanes of at least 4 members (excludes halogenated alkanes) is 2. The van der Waals surface area contributed by atoms with Gasteiger partial charge in [-0.2, -0.15) is 0 Å². The Morgan fingerprint density at radius 2 is 1.11 bits per heavy atom. The molecule has 38 heavy (non-hydrogen) atoms. The molecule has 0 aromatic heterocycles. The van der Waals surface area contributed by atoms with Crippen LogP contribution in [0.15, 0.2) is 72.8 Å².